The molecule has 1 aliphatic heterocycles. The van der Waals surface area contributed by atoms with Gasteiger partial charge in [0, 0.05) is 12.5 Å². The molecule has 0 spiro atoms. The summed E-state index contributed by atoms with van der Waals surface area (Å²) >= 11 is 0. The van der Waals surface area contributed by atoms with Crippen LogP contribution in [0, 0.1) is 0 Å². The highest BCUT2D eigenvalue weighted by Crippen LogP contribution is 2.35. The molecule has 2 aromatic carbocycles. The van der Waals surface area contributed by atoms with E-state index in [-0.39, 0.29) is 23.9 Å². The molecule has 3 rings (SSSR count). The monoisotopic (exact) mass is 324 g/mol. The van der Waals surface area contributed by atoms with E-state index in [0.29, 0.717) is 22.8 Å². The number of hydrogen-bond donors (Lipinski definition) is 0. The van der Waals surface area contributed by atoms with Gasteiger partial charge in [-0.05, 0) is 35.9 Å². The molecule has 0 radical (unpaired) electrons. The van der Waals surface area contributed by atoms with Crippen molar-refractivity contribution in [2.24, 2.45) is 0 Å². The number of ether oxygens (including phenoxy) is 3. The number of methoxy groups -OCH3 is 1. The lowest BCUT2D eigenvalue weighted by molar-refractivity contribution is -0.134. The van der Waals surface area contributed by atoms with Crippen molar-refractivity contribution in [3.63, 3.8) is 0 Å². The zero-order chi connectivity index (χ0) is 17.1. The third-order valence-corrected chi connectivity index (χ3v) is 3.55. The normalized spacial score (nSPS) is 14.2. The summed E-state index contributed by atoms with van der Waals surface area (Å²) in [6, 6.07) is 12.0. The molecule has 0 N–H and O–H groups in total. The highest BCUT2D eigenvalue weighted by atomic mass is 16.5. The fraction of sp³-hybridized carbons (Fsp3) is 0.158. The first kappa shape index (κ1) is 15.8. The number of esters is 1. The molecule has 0 amide bonds. The van der Waals surface area contributed by atoms with Gasteiger partial charge in [0.2, 0.25) is 5.78 Å². The lowest BCUT2D eigenvalue weighted by Gasteiger charge is -2.04. The van der Waals surface area contributed by atoms with Crippen molar-refractivity contribution in [1.82, 2.24) is 0 Å². The minimum atomic E-state index is -0.341. The Balaban J connectivity index is 1.87. The molecule has 0 aromatic heterocycles. The summed E-state index contributed by atoms with van der Waals surface area (Å²) in [6.07, 6.45) is 1.93. The molecule has 5 nitrogen and oxygen atoms in total. The zero-order valence-electron chi connectivity index (χ0n) is 13.4. The number of allylic oxidation sites excluding steroid dienone is 1. The minimum absolute atomic E-state index is 0.207. The summed E-state index contributed by atoms with van der Waals surface area (Å²) in [6.45, 7) is 1.71. The van der Waals surface area contributed by atoms with Crippen LogP contribution in [0.25, 0.3) is 6.08 Å². The van der Waals surface area contributed by atoms with E-state index >= 15 is 0 Å². The zero-order valence-corrected chi connectivity index (χ0v) is 13.4. The van der Waals surface area contributed by atoms with Crippen molar-refractivity contribution in [2.75, 3.05) is 7.11 Å². The summed E-state index contributed by atoms with van der Waals surface area (Å²) < 4.78 is 15.9. The molecule has 0 aliphatic carbocycles. The molecule has 0 fully saturated rings. The largest absolute Gasteiger partial charge is 0.497 e. The summed E-state index contributed by atoms with van der Waals surface area (Å²) in [5.74, 6) is 1.11. The first-order valence-corrected chi connectivity index (χ1v) is 7.53. The Bertz CT molecular complexity index is 835. The minimum Gasteiger partial charge on any atom is -0.497 e. The number of Topliss-reactive ketones (excluding diaryl/α,β-unsaturated/α-hetero) is 1. The summed E-state index contributed by atoms with van der Waals surface area (Å²) in [4.78, 5) is 23.8. The van der Waals surface area contributed by atoms with Crippen LogP contribution in [0.4, 0.5) is 0 Å². The fourth-order valence-corrected chi connectivity index (χ4v) is 2.32. The maximum atomic E-state index is 12.4. The fourth-order valence-electron chi connectivity index (χ4n) is 2.32. The third kappa shape index (κ3) is 3.15. The van der Waals surface area contributed by atoms with Gasteiger partial charge >= 0.3 is 5.97 Å². The van der Waals surface area contributed by atoms with Crippen molar-refractivity contribution in [1.29, 1.82) is 0 Å². The second kappa shape index (κ2) is 6.58. The van der Waals surface area contributed by atoms with Gasteiger partial charge in [0.25, 0.3) is 0 Å². The smallest absolute Gasteiger partial charge is 0.310 e. The molecule has 0 atom stereocenters. The molecule has 5 heteroatoms. The lowest BCUT2D eigenvalue weighted by atomic mass is 10.1. The molecule has 0 unspecified atom stereocenters. The molecule has 0 bridgehead atoms. The van der Waals surface area contributed by atoms with Gasteiger partial charge in [-0.1, -0.05) is 19.1 Å². The van der Waals surface area contributed by atoms with E-state index in [0.717, 1.165) is 5.56 Å². The van der Waals surface area contributed by atoms with Gasteiger partial charge in [-0.3, -0.25) is 9.59 Å². The molecule has 122 valence electrons. The van der Waals surface area contributed by atoms with Crippen LogP contribution in [0.3, 0.4) is 0 Å². The number of benzene rings is 2. The SMILES string of the molecule is CCC(=O)Oc1ccc2c(c1)O/C(=C\c1cccc(OC)c1)C2=O. The van der Waals surface area contributed by atoms with Crippen LogP contribution < -0.4 is 14.2 Å². The number of fused-ring (bicyclic) bond motifs is 1. The van der Waals surface area contributed by atoms with Gasteiger partial charge in [0.05, 0.1) is 12.7 Å². The maximum absolute atomic E-state index is 12.4. The van der Waals surface area contributed by atoms with E-state index in [4.69, 9.17) is 14.2 Å². The number of hydrogen-bond acceptors (Lipinski definition) is 5. The average Bonchev–Trinajstić information content (AvgIpc) is 2.90. The van der Waals surface area contributed by atoms with Gasteiger partial charge < -0.3 is 14.2 Å². The number of carbonyl (C=O) groups excluding carboxylic acids is 2. The van der Waals surface area contributed by atoms with E-state index in [1.54, 1.807) is 44.4 Å². The van der Waals surface area contributed by atoms with Gasteiger partial charge in [0.15, 0.2) is 5.76 Å². The second-order valence-corrected chi connectivity index (χ2v) is 5.20. The topological polar surface area (TPSA) is 61.8 Å². The first-order chi connectivity index (χ1) is 11.6. The Morgan fingerprint density at radius 1 is 1.17 bits per heavy atom. The van der Waals surface area contributed by atoms with E-state index in [1.807, 2.05) is 18.2 Å². The van der Waals surface area contributed by atoms with Crippen LogP contribution in [0.1, 0.15) is 29.3 Å². The Hall–Kier alpha value is -3.08. The molecular weight excluding hydrogens is 308 g/mol. The van der Waals surface area contributed by atoms with Gasteiger partial charge in [-0.15, -0.1) is 0 Å². The first-order valence-electron chi connectivity index (χ1n) is 7.53. The Labute approximate surface area is 139 Å². The van der Waals surface area contributed by atoms with Crippen LogP contribution >= 0.6 is 0 Å². The Kier molecular flexibility index (Phi) is 4.33. The second-order valence-electron chi connectivity index (χ2n) is 5.20. The van der Waals surface area contributed by atoms with Crippen molar-refractivity contribution in [3.05, 3.63) is 59.4 Å². The van der Waals surface area contributed by atoms with Gasteiger partial charge in [-0.2, -0.15) is 0 Å². The van der Waals surface area contributed by atoms with Crippen molar-refractivity contribution in [2.45, 2.75) is 13.3 Å². The van der Waals surface area contributed by atoms with Gasteiger partial charge in [0.1, 0.15) is 17.2 Å². The summed E-state index contributed by atoms with van der Waals surface area (Å²) in [7, 11) is 1.58. The predicted octanol–water partition coefficient (Wildman–Crippen LogP) is 3.63. The number of ketones is 1. The van der Waals surface area contributed by atoms with E-state index in [2.05, 4.69) is 0 Å². The molecule has 0 saturated heterocycles. The predicted molar refractivity (Wildman–Crippen MR) is 88.3 cm³/mol. The van der Waals surface area contributed by atoms with Crippen LogP contribution in [-0.4, -0.2) is 18.9 Å². The van der Waals surface area contributed by atoms with E-state index in [9.17, 15) is 9.59 Å². The van der Waals surface area contributed by atoms with E-state index < -0.39 is 0 Å². The van der Waals surface area contributed by atoms with Crippen LogP contribution in [0.5, 0.6) is 17.2 Å². The molecule has 1 aliphatic rings. The molecule has 2 aromatic rings. The van der Waals surface area contributed by atoms with Crippen LogP contribution in [0.15, 0.2) is 48.2 Å². The van der Waals surface area contributed by atoms with Crippen molar-refractivity contribution in [3.8, 4) is 17.2 Å². The number of rotatable bonds is 4. The standard InChI is InChI=1S/C19H16O5/c1-3-18(20)23-14-7-8-15-16(11-14)24-17(19(15)21)10-12-5-4-6-13(9-12)22-2/h4-11H,3H2,1-2H3/b17-10-. The maximum Gasteiger partial charge on any atom is 0.310 e. The van der Waals surface area contributed by atoms with Crippen molar-refractivity contribution >= 4 is 17.8 Å². The van der Waals surface area contributed by atoms with Crippen LogP contribution in [-0.2, 0) is 4.79 Å². The van der Waals surface area contributed by atoms with Crippen LogP contribution in [0.2, 0.25) is 0 Å². The van der Waals surface area contributed by atoms with Crippen molar-refractivity contribution < 1.29 is 23.8 Å². The lowest BCUT2D eigenvalue weighted by Crippen LogP contribution is -2.05. The quantitative estimate of drug-likeness (QED) is 0.488. The molecule has 24 heavy (non-hydrogen) atoms. The molecule has 0 saturated carbocycles. The third-order valence-electron chi connectivity index (χ3n) is 3.55. The highest BCUT2D eigenvalue weighted by Gasteiger charge is 2.28. The Morgan fingerprint density at radius 2 is 2.00 bits per heavy atom. The summed E-state index contributed by atoms with van der Waals surface area (Å²) in [5.41, 5.74) is 1.24. The summed E-state index contributed by atoms with van der Waals surface area (Å²) in [5, 5.41) is 0. The van der Waals surface area contributed by atoms with Gasteiger partial charge in [-0.25, -0.2) is 0 Å². The molecular formula is C19H16O5. The van der Waals surface area contributed by atoms with E-state index in [1.165, 1.54) is 0 Å². The highest BCUT2D eigenvalue weighted by molar-refractivity contribution is 6.14. The molecule has 1 heterocycles. The number of carbonyl (C=O) groups is 2. The average molecular weight is 324 g/mol. The Morgan fingerprint density at radius 3 is 2.75 bits per heavy atom.